The molecule has 0 aliphatic rings. The molecule has 0 aromatic rings. The van der Waals surface area contributed by atoms with Crippen molar-refractivity contribution in [1.82, 2.24) is 0 Å². The van der Waals surface area contributed by atoms with Crippen molar-refractivity contribution >= 4 is 10.2 Å². The SMILES string of the molecule is COC(/C=C/[SiH3])OC. The van der Waals surface area contributed by atoms with Crippen LogP contribution in [0, 0.1) is 0 Å². The number of ether oxygens (including phenoxy) is 2. The van der Waals surface area contributed by atoms with Gasteiger partial charge < -0.3 is 9.47 Å². The first-order chi connectivity index (χ1) is 3.85. The third-order valence-electron chi connectivity index (χ3n) is 0.814. The highest BCUT2D eigenvalue weighted by Crippen LogP contribution is 1.89. The van der Waals surface area contributed by atoms with Gasteiger partial charge in [0.2, 0.25) is 0 Å². The van der Waals surface area contributed by atoms with E-state index >= 15 is 0 Å². The molecule has 48 valence electrons. The summed E-state index contributed by atoms with van der Waals surface area (Å²) in [6, 6.07) is 0. The maximum atomic E-state index is 4.85. The van der Waals surface area contributed by atoms with E-state index in [1.165, 1.54) is 0 Å². The number of methoxy groups -OCH3 is 2. The van der Waals surface area contributed by atoms with E-state index in [-0.39, 0.29) is 6.29 Å². The predicted molar refractivity (Wildman–Crippen MR) is 36.9 cm³/mol. The molecule has 0 amide bonds. The van der Waals surface area contributed by atoms with Crippen LogP contribution >= 0.6 is 0 Å². The Morgan fingerprint density at radius 3 is 2.00 bits per heavy atom. The van der Waals surface area contributed by atoms with Gasteiger partial charge in [0.1, 0.15) is 0 Å². The molecule has 8 heavy (non-hydrogen) atoms. The molecule has 0 aliphatic heterocycles. The molecule has 3 heteroatoms. The topological polar surface area (TPSA) is 18.5 Å². The Bertz CT molecular complexity index is 68.8. The fourth-order valence-corrected chi connectivity index (χ4v) is 0.725. The zero-order valence-electron chi connectivity index (χ0n) is 5.55. The summed E-state index contributed by atoms with van der Waals surface area (Å²) < 4.78 is 9.71. The zero-order chi connectivity index (χ0) is 6.41. The summed E-state index contributed by atoms with van der Waals surface area (Å²) >= 11 is 0. The molecule has 0 fully saturated rings. The molecule has 0 aromatic heterocycles. The van der Waals surface area contributed by atoms with Crippen molar-refractivity contribution in [1.29, 1.82) is 0 Å². The summed E-state index contributed by atoms with van der Waals surface area (Å²) in [7, 11) is 4.30. The first-order valence-corrected chi connectivity index (χ1v) is 3.69. The average molecular weight is 132 g/mol. The molecule has 0 atom stereocenters. The van der Waals surface area contributed by atoms with Gasteiger partial charge in [0.15, 0.2) is 6.29 Å². The van der Waals surface area contributed by atoms with Crippen molar-refractivity contribution in [2.45, 2.75) is 6.29 Å². The van der Waals surface area contributed by atoms with Gasteiger partial charge >= 0.3 is 0 Å². The average Bonchev–Trinajstić information content (AvgIpc) is 1.83. The second kappa shape index (κ2) is 5.02. The lowest BCUT2D eigenvalue weighted by Gasteiger charge is -2.05. The van der Waals surface area contributed by atoms with Gasteiger partial charge in [0, 0.05) is 24.5 Å². The molecular formula is C5H12O2Si. The lowest BCUT2D eigenvalue weighted by atomic mass is 10.6. The van der Waals surface area contributed by atoms with Crippen LogP contribution in [-0.4, -0.2) is 30.8 Å². The fraction of sp³-hybridized carbons (Fsp3) is 0.600. The third-order valence-corrected chi connectivity index (χ3v) is 1.20. The lowest BCUT2D eigenvalue weighted by molar-refractivity contribution is -0.0665. The summed E-state index contributed by atoms with van der Waals surface area (Å²) in [5.41, 5.74) is 2.03. The Morgan fingerprint density at radius 2 is 1.88 bits per heavy atom. The van der Waals surface area contributed by atoms with Crippen LogP contribution in [-0.2, 0) is 9.47 Å². The van der Waals surface area contributed by atoms with E-state index in [1.54, 1.807) is 14.2 Å². The molecule has 0 aliphatic carbocycles. The molecule has 2 nitrogen and oxygen atoms in total. The van der Waals surface area contributed by atoms with Gasteiger partial charge in [0.25, 0.3) is 0 Å². The van der Waals surface area contributed by atoms with Crippen molar-refractivity contribution in [2.24, 2.45) is 0 Å². The zero-order valence-corrected chi connectivity index (χ0v) is 7.55. The molecule has 0 bridgehead atoms. The molecule has 0 saturated heterocycles. The predicted octanol–water partition coefficient (Wildman–Crippen LogP) is -0.516. The molecule has 0 spiro atoms. The lowest BCUT2D eigenvalue weighted by Crippen LogP contribution is -2.08. The van der Waals surface area contributed by atoms with Crippen LogP contribution in [0.1, 0.15) is 0 Å². The Kier molecular flexibility index (Phi) is 4.95. The summed E-state index contributed by atoms with van der Waals surface area (Å²) in [5.74, 6) is 0. The molecule has 0 rings (SSSR count). The van der Waals surface area contributed by atoms with Crippen LogP contribution < -0.4 is 0 Å². The van der Waals surface area contributed by atoms with Crippen LogP contribution in [0.25, 0.3) is 0 Å². The Morgan fingerprint density at radius 1 is 1.38 bits per heavy atom. The van der Waals surface area contributed by atoms with E-state index in [0.29, 0.717) is 0 Å². The summed E-state index contributed by atoms with van der Waals surface area (Å²) in [5, 5.41) is 0. The van der Waals surface area contributed by atoms with Gasteiger partial charge in [-0.3, -0.25) is 0 Å². The van der Waals surface area contributed by atoms with Gasteiger partial charge in [0.05, 0.1) is 0 Å². The van der Waals surface area contributed by atoms with Crippen molar-refractivity contribution in [3.63, 3.8) is 0 Å². The van der Waals surface area contributed by atoms with Gasteiger partial charge in [-0.05, 0) is 6.08 Å². The first kappa shape index (κ1) is 7.88. The molecule has 0 saturated carbocycles. The Labute approximate surface area is 52.9 Å². The van der Waals surface area contributed by atoms with Gasteiger partial charge in [-0.25, -0.2) is 0 Å². The molecule has 0 N–H and O–H groups in total. The van der Waals surface area contributed by atoms with E-state index in [9.17, 15) is 0 Å². The van der Waals surface area contributed by atoms with E-state index in [1.807, 2.05) is 11.8 Å². The third kappa shape index (κ3) is 2.96. The fourth-order valence-electron chi connectivity index (χ4n) is 0.410. The van der Waals surface area contributed by atoms with Crippen LogP contribution in [0.2, 0.25) is 0 Å². The standard InChI is InChI=1S/C5H12O2Si/c1-6-5(7-2)3-4-8/h3-5H,1-2,8H3/b4-3+. The number of rotatable bonds is 3. The summed E-state index contributed by atoms with van der Waals surface area (Å²) in [4.78, 5) is 0. The van der Waals surface area contributed by atoms with Gasteiger partial charge in [-0.15, -0.1) is 5.70 Å². The van der Waals surface area contributed by atoms with Crippen LogP contribution in [0.15, 0.2) is 11.8 Å². The second-order valence-corrected chi connectivity index (χ2v) is 2.03. The first-order valence-electron chi connectivity index (χ1n) is 2.53. The van der Waals surface area contributed by atoms with E-state index in [4.69, 9.17) is 9.47 Å². The largest absolute Gasteiger partial charge is 0.352 e. The minimum absolute atomic E-state index is 0.146. The summed E-state index contributed by atoms with van der Waals surface area (Å²) in [6.07, 6.45) is 1.75. The molecular weight excluding hydrogens is 120 g/mol. The quantitative estimate of drug-likeness (QED) is 0.380. The number of hydrogen-bond acceptors (Lipinski definition) is 2. The van der Waals surface area contributed by atoms with Gasteiger partial charge in [-0.2, -0.15) is 0 Å². The van der Waals surface area contributed by atoms with Crippen LogP contribution in [0.5, 0.6) is 0 Å². The highest BCUT2D eigenvalue weighted by Gasteiger charge is 1.93. The highest BCUT2D eigenvalue weighted by molar-refractivity contribution is 6.16. The Hall–Kier alpha value is -0.123. The molecule has 0 unspecified atom stereocenters. The van der Waals surface area contributed by atoms with Crippen LogP contribution in [0.3, 0.4) is 0 Å². The summed E-state index contributed by atoms with van der Waals surface area (Å²) in [6.45, 7) is 0. The molecule has 0 aromatic carbocycles. The van der Waals surface area contributed by atoms with Gasteiger partial charge in [-0.1, -0.05) is 0 Å². The smallest absolute Gasteiger partial charge is 0.175 e. The van der Waals surface area contributed by atoms with Crippen molar-refractivity contribution in [3.05, 3.63) is 11.8 Å². The van der Waals surface area contributed by atoms with E-state index in [2.05, 4.69) is 0 Å². The van der Waals surface area contributed by atoms with Crippen molar-refractivity contribution < 1.29 is 9.47 Å². The number of hydrogen-bond donors (Lipinski definition) is 0. The van der Waals surface area contributed by atoms with Crippen molar-refractivity contribution in [3.8, 4) is 0 Å². The minimum atomic E-state index is -0.146. The second-order valence-electron chi connectivity index (χ2n) is 1.37. The molecule has 0 heterocycles. The Balaban J connectivity index is 3.36. The van der Waals surface area contributed by atoms with Crippen molar-refractivity contribution in [2.75, 3.05) is 14.2 Å². The highest BCUT2D eigenvalue weighted by atomic mass is 28.1. The normalized spacial score (nSPS) is 11.9. The van der Waals surface area contributed by atoms with E-state index < -0.39 is 0 Å². The maximum absolute atomic E-state index is 4.85. The van der Waals surface area contributed by atoms with E-state index in [0.717, 1.165) is 10.2 Å². The minimum Gasteiger partial charge on any atom is -0.352 e. The molecule has 0 radical (unpaired) electrons. The monoisotopic (exact) mass is 132 g/mol. The maximum Gasteiger partial charge on any atom is 0.175 e. The van der Waals surface area contributed by atoms with Crippen LogP contribution in [0.4, 0.5) is 0 Å².